The van der Waals surface area contributed by atoms with Gasteiger partial charge in [-0.1, -0.05) is 35.0 Å². The minimum Gasteiger partial charge on any atom is -0.301 e. The molecule has 0 spiro atoms. The maximum atomic E-state index is 12.8. The Morgan fingerprint density at radius 2 is 1.56 bits per heavy atom. The average Bonchev–Trinajstić information content (AvgIpc) is 3.28. The molecule has 1 aliphatic heterocycles. The van der Waals surface area contributed by atoms with Crippen LogP contribution < -0.4 is 0 Å². The summed E-state index contributed by atoms with van der Waals surface area (Å²) >= 11 is 0. The lowest BCUT2D eigenvalue weighted by atomic mass is 10.1. The molecular formula is C23H26F3N5O2S. The van der Waals surface area contributed by atoms with E-state index >= 15 is 0 Å². The standard InChI is InChI=1S/C23H26F3N5O2S/c1-18-3-5-19(6-4-18)22-17-30(28-27-22)12-2-11-29-13-15-31(16-14-29)34(32,33)21-9-7-20(8-10-21)23(24,25)26/h3-10,17H,2,11-16H2,1H3. The zero-order chi connectivity index (χ0) is 24.3. The van der Waals surface area contributed by atoms with Crippen LogP contribution in [-0.2, 0) is 22.7 Å². The van der Waals surface area contributed by atoms with E-state index in [-0.39, 0.29) is 4.90 Å². The first-order valence-corrected chi connectivity index (χ1v) is 12.4. The van der Waals surface area contributed by atoms with Crippen molar-refractivity contribution in [3.63, 3.8) is 0 Å². The number of aromatic nitrogens is 3. The van der Waals surface area contributed by atoms with E-state index in [0.29, 0.717) is 32.7 Å². The second-order valence-corrected chi connectivity index (χ2v) is 10.3. The summed E-state index contributed by atoms with van der Waals surface area (Å²) in [5, 5.41) is 8.42. The summed E-state index contributed by atoms with van der Waals surface area (Å²) in [6.07, 6.45) is -1.75. The number of hydrogen-bond acceptors (Lipinski definition) is 5. The molecule has 182 valence electrons. The van der Waals surface area contributed by atoms with Gasteiger partial charge in [-0.2, -0.15) is 17.5 Å². The molecule has 0 atom stereocenters. The number of alkyl halides is 3. The highest BCUT2D eigenvalue weighted by Gasteiger charge is 2.32. The van der Waals surface area contributed by atoms with E-state index in [1.165, 1.54) is 9.87 Å². The largest absolute Gasteiger partial charge is 0.416 e. The lowest BCUT2D eigenvalue weighted by molar-refractivity contribution is -0.137. The maximum Gasteiger partial charge on any atom is 0.416 e. The fourth-order valence-corrected chi connectivity index (χ4v) is 5.30. The summed E-state index contributed by atoms with van der Waals surface area (Å²) in [5.74, 6) is 0. The van der Waals surface area contributed by atoms with Crippen LogP contribution >= 0.6 is 0 Å². The topological polar surface area (TPSA) is 71.3 Å². The molecule has 3 aromatic rings. The molecule has 0 N–H and O–H groups in total. The van der Waals surface area contributed by atoms with Crippen LogP contribution in [0.2, 0.25) is 0 Å². The number of hydrogen-bond donors (Lipinski definition) is 0. The van der Waals surface area contributed by atoms with Crippen molar-refractivity contribution in [1.29, 1.82) is 0 Å². The van der Waals surface area contributed by atoms with Crippen LogP contribution in [0.1, 0.15) is 17.5 Å². The van der Waals surface area contributed by atoms with Crippen molar-refractivity contribution in [2.45, 2.75) is 31.0 Å². The van der Waals surface area contributed by atoms with E-state index < -0.39 is 21.8 Å². The quantitative estimate of drug-likeness (QED) is 0.502. The number of aryl methyl sites for hydroxylation is 2. The van der Waals surface area contributed by atoms with Crippen molar-refractivity contribution in [1.82, 2.24) is 24.2 Å². The number of nitrogens with zero attached hydrogens (tertiary/aromatic N) is 5. The molecule has 11 heteroatoms. The smallest absolute Gasteiger partial charge is 0.301 e. The van der Waals surface area contributed by atoms with Gasteiger partial charge in [-0.3, -0.25) is 4.68 Å². The van der Waals surface area contributed by atoms with Gasteiger partial charge in [0, 0.05) is 44.8 Å². The van der Waals surface area contributed by atoms with Gasteiger partial charge in [0.15, 0.2) is 0 Å². The zero-order valence-corrected chi connectivity index (χ0v) is 19.6. The van der Waals surface area contributed by atoms with Crippen molar-refractivity contribution in [3.8, 4) is 11.3 Å². The molecule has 0 bridgehead atoms. The van der Waals surface area contributed by atoms with Crippen molar-refractivity contribution >= 4 is 10.0 Å². The van der Waals surface area contributed by atoms with Gasteiger partial charge in [0.25, 0.3) is 0 Å². The molecule has 2 heterocycles. The fraction of sp³-hybridized carbons (Fsp3) is 0.391. The number of sulfonamides is 1. The number of piperazine rings is 1. The summed E-state index contributed by atoms with van der Waals surface area (Å²) in [4.78, 5) is 2.06. The third-order valence-electron chi connectivity index (χ3n) is 5.90. The fourth-order valence-electron chi connectivity index (χ4n) is 3.88. The molecule has 1 aliphatic rings. The van der Waals surface area contributed by atoms with Gasteiger partial charge < -0.3 is 4.90 Å². The predicted octanol–water partition coefficient (Wildman–Crippen LogP) is 3.67. The predicted molar refractivity (Wildman–Crippen MR) is 121 cm³/mol. The van der Waals surface area contributed by atoms with E-state index in [4.69, 9.17) is 0 Å². The van der Waals surface area contributed by atoms with Gasteiger partial charge in [-0.05, 0) is 37.6 Å². The highest BCUT2D eigenvalue weighted by atomic mass is 32.2. The van der Waals surface area contributed by atoms with E-state index in [1.54, 1.807) is 4.68 Å². The first kappa shape index (κ1) is 24.4. The average molecular weight is 494 g/mol. The second kappa shape index (κ2) is 9.85. The zero-order valence-electron chi connectivity index (χ0n) is 18.7. The van der Waals surface area contributed by atoms with Crippen LogP contribution in [0.4, 0.5) is 13.2 Å². The van der Waals surface area contributed by atoms with E-state index in [0.717, 1.165) is 48.5 Å². The Bertz CT molecular complexity index is 1200. The highest BCUT2D eigenvalue weighted by Crippen LogP contribution is 2.30. The monoisotopic (exact) mass is 493 g/mol. The summed E-state index contributed by atoms with van der Waals surface area (Å²) in [5.41, 5.74) is 2.15. The van der Waals surface area contributed by atoms with Gasteiger partial charge >= 0.3 is 6.18 Å². The first-order valence-electron chi connectivity index (χ1n) is 11.0. The van der Waals surface area contributed by atoms with Gasteiger partial charge in [-0.15, -0.1) is 5.10 Å². The summed E-state index contributed by atoms with van der Waals surface area (Å²) in [7, 11) is -3.82. The van der Waals surface area contributed by atoms with Gasteiger partial charge in [-0.25, -0.2) is 8.42 Å². The van der Waals surface area contributed by atoms with E-state index in [2.05, 4.69) is 15.2 Å². The number of benzene rings is 2. The van der Waals surface area contributed by atoms with Crippen LogP contribution in [0.25, 0.3) is 11.3 Å². The van der Waals surface area contributed by atoms with E-state index in [9.17, 15) is 21.6 Å². The minimum atomic E-state index is -4.50. The molecule has 34 heavy (non-hydrogen) atoms. The Kier molecular flexibility index (Phi) is 7.06. The van der Waals surface area contributed by atoms with Crippen LogP contribution in [0.3, 0.4) is 0 Å². The summed E-state index contributed by atoms with van der Waals surface area (Å²) in [6, 6.07) is 11.7. The molecule has 1 fully saturated rings. The van der Waals surface area contributed by atoms with Gasteiger partial charge in [0.2, 0.25) is 10.0 Å². The Balaban J connectivity index is 1.25. The molecule has 0 radical (unpaired) electrons. The lowest BCUT2D eigenvalue weighted by Crippen LogP contribution is -2.48. The van der Waals surface area contributed by atoms with Crippen molar-refractivity contribution in [2.75, 3.05) is 32.7 Å². The molecule has 7 nitrogen and oxygen atoms in total. The van der Waals surface area contributed by atoms with E-state index in [1.807, 2.05) is 37.4 Å². The highest BCUT2D eigenvalue weighted by molar-refractivity contribution is 7.89. The molecule has 0 saturated carbocycles. The Hall–Kier alpha value is -2.76. The molecule has 0 amide bonds. The van der Waals surface area contributed by atoms with Gasteiger partial charge in [0.05, 0.1) is 16.7 Å². The molecule has 0 aliphatic carbocycles. The SMILES string of the molecule is Cc1ccc(-c2cn(CCCN3CCN(S(=O)(=O)c4ccc(C(F)(F)F)cc4)CC3)nn2)cc1. The Morgan fingerprint density at radius 3 is 2.18 bits per heavy atom. The summed E-state index contributed by atoms with van der Waals surface area (Å²) < 4.78 is 67.0. The Labute approximate surface area is 196 Å². The van der Waals surface area contributed by atoms with Crippen molar-refractivity contribution in [2.24, 2.45) is 0 Å². The Morgan fingerprint density at radius 1 is 0.912 bits per heavy atom. The van der Waals surface area contributed by atoms with Crippen LogP contribution in [0, 0.1) is 6.92 Å². The number of rotatable bonds is 7. The molecule has 0 unspecified atom stereocenters. The molecule has 1 aromatic heterocycles. The van der Waals surface area contributed by atoms with Crippen molar-refractivity contribution in [3.05, 3.63) is 65.9 Å². The normalized spacial score (nSPS) is 16.1. The van der Waals surface area contributed by atoms with Crippen molar-refractivity contribution < 1.29 is 21.6 Å². The lowest BCUT2D eigenvalue weighted by Gasteiger charge is -2.34. The minimum absolute atomic E-state index is 0.121. The van der Waals surface area contributed by atoms with Crippen LogP contribution in [0.15, 0.2) is 59.6 Å². The van der Waals surface area contributed by atoms with Crippen LogP contribution in [-0.4, -0.2) is 65.3 Å². The third-order valence-corrected chi connectivity index (χ3v) is 7.81. The second-order valence-electron chi connectivity index (χ2n) is 8.35. The summed E-state index contributed by atoms with van der Waals surface area (Å²) in [6.45, 7) is 5.23. The first-order chi connectivity index (χ1) is 16.1. The van der Waals surface area contributed by atoms with Crippen LogP contribution in [0.5, 0.6) is 0 Å². The third kappa shape index (κ3) is 5.65. The number of halogens is 3. The molecular weight excluding hydrogens is 467 g/mol. The maximum absolute atomic E-state index is 12.8. The van der Waals surface area contributed by atoms with Gasteiger partial charge in [0.1, 0.15) is 5.69 Å². The molecule has 2 aromatic carbocycles. The molecule has 1 saturated heterocycles. The molecule has 4 rings (SSSR count).